The maximum Gasteiger partial charge on any atom is 0.0529 e. The van der Waals surface area contributed by atoms with E-state index < -0.39 is 0 Å². The van der Waals surface area contributed by atoms with Gasteiger partial charge in [-0.2, -0.15) is 0 Å². The van der Waals surface area contributed by atoms with Crippen LogP contribution in [0.4, 0.5) is 0 Å². The van der Waals surface area contributed by atoms with Crippen molar-refractivity contribution in [2.24, 2.45) is 0 Å². The normalized spacial score (nSPS) is 16.1. The molecular weight excluding hydrogens is 384 g/mol. The highest BCUT2D eigenvalue weighted by Crippen LogP contribution is 2.37. The van der Waals surface area contributed by atoms with Crippen LogP contribution in [-0.4, -0.2) is 0 Å². The zero-order valence-corrected chi connectivity index (χ0v) is 14.7. The third-order valence-electron chi connectivity index (χ3n) is 3.63. The fourth-order valence-electron chi connectivity index (χ4n) is 2.64. The summed E-state index contributed by atoms with van der Waals surface area (Å²) in [7, 11) is 0. The van der Waals surface area contributed by atoms with Crippen LogP contribution in [-0.2, 0) is 19.3 Å². The average molecular weight is 400 g/mol. The fraction of sp³-hybridized carbons (Fsp3) is 0.375. The molecule has 0 fully saturated rings. The van der Waals surface area contributed by atoms with Gasteiger partial charge in [0.15, 0.2) is 0 Å². The quantitative estimate of drug-likeness (QED) is 0.549. The molecule has 1 aromatic heterocycles. The lowest BCUT2D eigenvalue weighted by Gasteiger charge is -2.08. The molecule has 1 aromatic carbocycles. The highest BCUT2D eigenvalue weighted by atomic mass is 79.9. The molecule has 0 amide bonds. The summed E-state index contributed by atoms with van der Waals surface area (Å²) in [6.07, 6.45) is 6.35. The molecule has 0 spiro atoms. The third-order valence-corrected chi connectivity index (χ3v) is 6.59. The molecule has 1 atom stereocenters. The minimum absolute atomic E-state index is 0.442. The minimum atomic E-state index is 0.442. The Kier molecular flexibility index (Phi) is 4.45. The highest BCUT2D eigenvalue weighted by molar-refractivity contribution is 9.10. The summed E-state index contributed by atoms with van der Waals surface area (Å²) >= 11 is 9.42. The van der Waals surface area contributed by atoms with Crippen molar-refractivity contribution in [1.82, 2.24) is 0 Å². The summed E-state index contributed by atoms with van der Waals surface area (Å²) in [5.41, 5.74) is 2.98. The van der Waals surface area contributed by atoms with Crippen molar-refractivity contribution in [2.75, 3.05) is 0 Å². The van der Waals surface area contributed by atoms with Crippen LogP contribution >= 0.6 is 43.2 Å². The highest BCUT2D eigenvalue weighted by Gasteiger charge is 2.17. The van der Waals surface area contributed by atoms with Gasteiger partial charge in [-0.1, -0.05) is 44.0 Å². The van der Waals surface area contributed by atoms with Crippen LogP contribution in [0.1, 0.15) is 38.6 Å². The molecule has 1 aliphatic rings. The van der Waals surface area contributed by atoms with E-state index in [1.165, 1.54) is 36.1 Å². The van der Waals surface area contributed by atoms with Gasteiger partial charge in [-0.3, -0.25) is 0 Å². The molecule has 19 heavy (non-hydrogen) atoms. The number of hydrogen-bond donors (Lipinski definition) is 0. The summed E-state index contributed by atoms with van der Waals surface area (Å²) < 4.78 is 1.16. The van der Waals surface area contributed by atoms with Gasteiger partial charge in [0.05, 0.1) is 4.83 Å². The molecule has 3 heteroatoms. The molecule has 1 unspecified atom stereocenters. The summed E-state index contributed by atoms with van der Waals surface area (Å²) in [5, 5.41) is 0. The van der Waals surface area contributed by atoms with Crippen molar-refractivity contribution in [3.63, 3.8) is 0 Å². The second kappa shape index (κ2) is 6.11. The van der Waals surface area contributed by atoms with Crippen LogP contribution in [0.2, 0.25) is 0 Å². The van der Waals surface area contributed by atoms with Crippen LogP contribution in [0.15, 0.2) is 34.8 Å². The topological polar surface area (TPSA) is 0 Å². The first kappa shape index (κ1) is 13.8. The molecule has 0 saturated heterocycles. The summed E-state index contributed by atoms with van der Waals surface area (Å²) in [6.45, 7) is 0. The monoisotopic (exact) mass is 398 g/mol. The predicted octanol–water partition coefficient (Wildman–Crippen LogP) is 6.07. The molecule has 0 aliphatic heterocycles. The van der Waals surface area contributed by atoms with Crippen LogP contribution in [0.3, 0.4) is 0 Å². The SMILES string of the molecule is Brc1cccc(CC(Br)c2cc3c(s2)CCCC3)c1. The van der Waals surface area contributed by atoms with E-state index in [-0.39, 0.29) is 0 Å². The van der Waals surface area contributed by atoms with Crippen LogP contribution in [0.25, 0.3) is 0 Å². The summed E-state index contributed by atoms with van der Waals surface area (Å²) in [5.74, 6) is 0. The summed E-state index contributed by atoms with van der Waals surface area (Å²) in [6, 6.07) is 11.0. The molecule has 1 aliphatic carbocycles. The molecule has 0 radical (unpaired) electrons. The minimum Gasteiger partial charge on any atom is -0.144 e. The van der Waals surface area contributed by atoms with Crippen LogP contribution in [0.5, 0.6) is 0 Å². The van der Waals surface area contributed by atoms with E-state index in [9.17, 15) is 0 Å². The van der Waals surface area contributed by atoms with E-state index in [0.717, 1.165) is 10.9 Å². The van der Waals surface area contributed by atoms with Crippen molar-refractivity contribution in [3.8, 4) is 0 Å². The Morgan fingerprint density at radius 2 is 2.00 bits per heavy atom. The van der Waals surface area contributed by atoms with Crippen LogP contribution in [0, 0.1) is 0 Å². The molecule has 0 N–H and O–H groups in total. The number of halogens is 2. The van der Waals surface area contributed by atoms with Gasteiger partial charge in [0.1, 0.15) is 0 Å². The largest absolute Gasteiger partial charge is 0.144 e. The van der Waals surface area contributed by atoms with Crippen LogP contribution < -0.4 is 0 Å². The van der Waals surface area contributed by atoms with Gasteiger partial charge in [-0.15, -0.1) is 11.3 Å². The molecule has 2 aromatic rings. The van der Waals surface area contributed by atoms with Crippen molar-refractivity contribution < 1.29 is 0 Å². The molecule has 0 nitrogen and oxygen atoms in total. The molecule has 100 valence electrons. The average Bonchev–Trinajstić information content (AvgIpc) is 2.82. The Labute approximate surface area is 135 Å². The first-order valence-corrected chi connectivity index (χ1v) is 9.25. The van der Waals surface area contributed by atoms with Crippen molar-refractivity contribution in [2.45, 2.75) is 36.9 Å². The predicted molar refractivity (Wildman–Crippen MR) is 90.5 cm³/mol. The van der Waals surface area contributed by atoms with E-state index in [4.69, 9.17) is 0 Å². The lowest BCUT2D eigenvalue weighted by Crippen LogP contribution is -1.96. The van der Waals surface area contributed by atoms with Gasteiger partial charge >= 0.3 is 0 Å². The Morgan fingerprint density at radius 3 is 2.79 bits per heavy atom. The van der Waals surface area contributed by atoms with Crippen molar-refractivity contribution in [3.05, 3.63) is 55.7 Å². The maximum atomic E-state index is 3.87. The number of rotatable bonds is 3. The number of alkyl halides is 1. The van der Waals surface area contributed by atoms with Crippen molar-refractivity contribution in [1.29, 1.82) is 0 Å². The maximum absolute atomic E-state index is 3.87. The second-order valence-corrected chi connectivity index (χ2v) is 8.30. The van der Waals surface area contributed by atoms with E-state index in [1.807, 2.05) is 11.3 Å². The number of thiophene rings is 1. The molecule has 3 rings (SSSR count). The van der Waals surface area contributed by atoms with E-state index >= 15 is 0 Å². The number of aryl methyl sites for hydroxylation is 2. The number of fused-ring (bicyclic) bond motifs is 1. The molecule has 1 heterocycles. The standard InChI is InChI=1S/C16H16Br2S/c17-13-6-3-4-11(8-13)9-14(18)16-10-12-5-1-2-7-15(12)19-16/h3-4,6,8,10,14H,1-2,5,7,9H2. The summed E-state index contributed by atoms with van der Waals surface area (Å²) in [4.78, 5) is 3.56. The second-order valence-electron chi connectivity index (χ2n) is 5.11. The zero-order valence-electron chi connectivity index (χ0n) is 10.7. The Balaban J connectivity index is 1.76. The lowest BCUT2D eigenvalue weighted by atomic mass is 9.99. The zero-order chi connectivity index (χ0) is 13.2. The third kappa shape index (κ3) is 3.32. The van der Waals surface area contributed by atoms with Gasteiger partial charge in [0, 0.05) is 14.2 Å². The van der Waals surface area contributed by atoms with E-state index in [0.29, 0.717) is 4.83 Å². The van der Waals surface area contributed by atoms with Gasteiger partial charge in [-0.25, -0.2) is 0 Å². The first-order valence-electron chi connectivity index (χ1n) is 6.72. The fourth-order valence-corrected chi connectivity index (χ4v) is 5.11. The van der Waals surface area contributed by atoms with Gasteiger partial charge in [0.2, 0.25) is 0 Å². The van der Waals surface area contributed by atoms with E-state index in [1.54, 1.807) is 10.4 Å². The smallest absolute Gasteiger partial charge is 0.0529 e. The molecule has 0 bridgehead atoms. The van der Waals surface area contributed by atoms with Crippen molar-refractivity contribution >= 4 is 43.2 Å². The van der Waals surface area contributed by atoms with Gasteiger partial charge < -0.3 is 0 Å². The Bertz CT molecular complexity index is 550. The molecular formula is C16H16Br2S. The number of benzene rings is 1. The molecule has 0 saturated carbocycles. The Morgan fingerprint density at radius 1 is 1.16 bits per heavy atom. The number of hydrogen-bond acceptors (Lipinski definition) is 1. The van der Waals surface area contributed by atoms with Gasteiger partial charge in [0.25, 0.3) is 0 Å². The Hall–Kier alpha value is -0.120. The lowest BCUT2D eigenvalue weighted by molar-refractivity contribution is 0.697. The van der Waals surface area contributed by atoms with Gasteiger partial charge in [-0.05, 0) is 61.4 Å². The first-order chi connectivity index (χ1) is 9.22. The van der Waals surface area contributed by atoms with E-state index in [2.05, 4.69) is 62.2 Å².